The lowest BCUT2D eigenvalue weighted by Crippen LogP contribution is -1.99. The standard InChI is InChI=1S/C14H10FNOS/c1-8-13(14(17)12-3-2-6-18-12)10-7-9(15)4-5-11(10)16-8/h2-7,16H,1H3. The summed E-state index contributed by atoms with van der Waals surface area (Å²) in [5.74, 6) is -0.388. The molecule has 0 aliphatic carbocycles. The third-order valence-corrected chi connectivity index (χ3v) is 3.79. The molecule has 2 heterocycles. The number of aryl methyl sites for hydroxylation is 1. The van der Waals surface area contributed by atoms with Crippen molar-refractivity contribution in [1.29, 1.82) is 0 Å². The molecule has 2 nitrogen and oxygen atoms in total. The Bertz CT molecular complexity index is 728. The van der Waals surface area contributed by atoms with Crippen LogP contribution in [-0.2, 0) is 0 Å². The molecule has 0 saturated heterocycles. The number of carbonyl (C=O) groups is 1. The number of fused-ring (bicyclic) bond motifs is 1. The maximum absolute atomic E-state index is 13.3. The lowest BCUT2D eigenvalue weighted by atomic mass is 10.1. The van der Waals surface area contributed by atoms with Gasteiger partial charge >= 0.3 is 0 Å². The van der Waals surface area contributed by atoms with Crippen LogP contribution in [0.4, 0.5) is 4.39 Å². The Morgan fingerprint density at radius 3 is 2.89 bits per heavy atom. The second kappa shape index (κ2) is 4.07. The SMILES string of the molecule is Cc1[nH]c2ccc(F)cc2c1C(=O)c1cccs1. The highest BCUT2D eigenvalue weighted by Gasteiger charge is 2.18. The van der Waals surface area contributed by atoms with E-state index in [1.807, 2.05) is 18.4 Å². The van der Waals surface area contributed by atoms with Crippen molar-refractivity contribution in [2.75, 3.05) is 0 Å². The molecule has 18 heavy (non-hydrogen) atoms. The van der Waals surface area contributed by atoms with Gasteiger partial charge in [0.25, 0.3) is 0 Å². The summed E-state index contributed by atoms with van der Waals surface area (Å²) in [6.45, 7) is 1.83. The fourth-order valence-corrected chi connectivity index (χ4v) is 2.79. The molecule has 0 saturated carbocycles. The number of hydrogen-bond donors (Lipinski definition) is 1. The summed E-state index contributed by atoms with van der Waals surface area (Å²) in [6.07, 6.45) is 0. The highest BCUT2D eigenvalue weighted by atomic mass is 32.1. The van der Waals surface area contributed by atoms with Crippen molar-refractivity contribution in [2.24, 2.45) is 0 Å². The van der Waals surface area contributed by atoms with Crippen LogP contribution in [0.15, 0.2) is 35.7 Å². The van der Waals surface area contributed by atoms with Crippen molar-refractivity contribution in [1.82, 2.24) is 4.98 Å². The van der Waals surface area contributed by atoms with Gasteiger partial charge in [-0.15, -0.1) is 11.3 Å². The van der Waals surface area contributed by atoms with Gasteiger partial charge in [-0.3, -0.25) is 4.79 Å². The minimum atomic E-state index is -0.332. The van der Waals surface area contributed by atoms with E-state index in [0.717, 1.165) is 11.2 Å². The average Bonchev–Trinajstić information content (AvgIpc) is 2.94. The highest BCUT2D eigenvalue weighted by molar-refractivity contribution is 7.12. The molecule has 0 bridgehead atoms. The van der Waals surface area contributed by atoms with Crippen molar-refractivity contribution in [2.45, 2.75) is 6.92 Å². The van der Waals surface area contributed by atoms with Gasteiger partial charge in [0, 0.05) is 16.6 Å². The topological polar surface area (TPSA) is 32.9 Å². The van der Waals surface area contributed by atoms with Gasteiger partial charge in [-0.05, 0) is 36.6 Å². The minimum Gasteiger partial charge on any atom is -0.358 e. The highest BCUT2D eigenvalue weighted by Crippen LogP contribution is 2.26. The summed E-state index contributed by atoms with van der Waals surface area (Å²) in [5.41, 5.74) is 2.12. The first-order chi connectivity index (χ1) is 8.66. The molecule has 4 heteroatoms. The fourth-order valence-electron chi connectivity index (χ4n) is 2.12. The Kier molecular flexibility index (Phi) is 2.52. The summed E-state index contributed by atoms with van der Waals surface area (Å²) in [5, 5.41) is 2.50. The maximum Gasteiger partial charge on any atom is 0.205 e. The van der Waals surface area contributed by atoms with Gasteiger partial charge < -0.3 is 4.98 Å². The Balaban J connectivity index is 2.25. The number of hydrogen-bond acceptors (Lipinski definition) is 2. The zero-order chi connectivity index (χ0) is 12.7. The number of nitrogens with one attached hydrogen (secondary N) is 1. The molecule has 0 radical (unpaired) electrons. The number of aromatic nitrogens is 1. The zero-order valence-corrected chi connectivity index (χ0v) is 10.5. The fraction of sp³-hybridized carbons (Fsp3) is 0.0714. The van der Waals surface area contributed by atoms with Gasteiger partial charge in [-0.1, -0.05) is 6.07 Å². The molecule has 0 amide bonds. The predicted octanol–water partition coefficient (Wildman–Crippen LogP) is 3.91. The van der Waals surface area contributed by atoms with Crippen LogP contribution in [0.3, 0.4) is 0 Å². The lowest BCUT2D eigenvalue weighted by Gasteiger charge is -1.98. The summed E-state index contributed by atoms with van der Waals surface area (Å²) < 4.78 is 13.3. The minimum absolute atomic E-state index is 0.0562. The molecule has 0 aliphatic heterocycles. The van der Waals surface area contributed by atoms with E-state index in [1.165, 1.54) is 23.5 Å². The van der Waals surface area contributed by atoms with Gasteiger partial charge in [-0.25, -0.2) is 4.39 Å². The molecular formula is C14H10FNOS. The molecular weight excluding hydrogens is 249 g/mol. The Morgan fingerprint density at radius 2 is 2.17 bits per heavy atom. The van der Waals surface area contributed by atoms with E-state index in [4.69, 9.17) is 0 Å². The molecule has 1 aromatic carbocycles. The molecule has 90 valence electrons. The van der Waals surface area contributed by atoms with Crippen molar-refractivity contribution < 1.29 is 9.18 Å². The summed E-state index contributed by atoms with van der Waals surface area (Å²) in [4.78, 5) is 16.2. The Labute approximate surface area is 107 Å². The number of carbonyl (C=O) groups excluding carboxylic acids is 1. The van der Waals surface area contributed by atoms with Gasteiger partial charge in [0.1, 0.15) is 5.82 Å². The van der Waals surface area contributed by atoms with Crippen LogP contribution < -0.4 is 0 Å². The Morgan fingerprint density at radius 1 is 1.33 bits per heavy atom. The first-order valence-electron chi connectivity index (χ1n) is 5.53. The van der Waals surface area contributed by atoms with Crippen LogP contribution >= 0.6 is 11.3 Å². The summed E-state index contributed by atoms with van der Waals surface area (Å²) >= 11 is 1.39. The van der Waals surface area contributed by atoms with Gasteiger partial charge in [0.2, 0.25) is 5.78 Å². The molecule has 2 aromatic heterocycles. The second-order valence-corrected chi connectivity index (χ2v) is 5.07. The van der Waals surface area contributed by atoms with Crippen LogP contribution in [0, 0.1) is 12.7 Å². The number of ketones is 1. The van der Waals surface area contributed by atoms with Gasteiger partial charge in [-0.2, -0.15) is 0 Å². The van der Waals surface area contributed by atoms with Crippen molar-refractivity contribution in [3.63, 3.8) is 0 Å². The zero-order valence-electron chi connectivity index (χ0n) is 9.66. The second-order valence-electron chi connectivity index (χ2n) is 4.12. The monoisotopic (exact) mass is 259 g/mol. The predicted molar refractivity (Wildman–Crippen MR) is 70.7 cm³/mol. The van der Waals surface area contributed by atoms with E-state index < -0.39 is 0 Å². The van der Waals surface area contributed by atoms with Crippen molar-refractivity contribution >= 4 is 28.0 Å². The largest absolute Gasteiger partial charge is 0.358 e. The third-order valence-electron chi connectivity index (χ3n) is 2.92. The average molecular weight is 259 g/mol. The number of halogens is 1. The smallest absolute Gasteiger partial charge is 0.205 e. The lowest BCUT2D eigenvalue weighted by molar-refractivity contribution is 0.104. The normalized spacial score (nSPS) is 11.0. The molecule has 0 unspecified atom stereocenters. The molecule has 0 aliphatic rings. The quantitative estimate of drug-likeness (QED) is 0.695. The molecule has 3 aromatic rings. The van der Waals surface area contributed by atoms with Gasteiger partial charge in [0.15, 0.2) is 0 Å². The van der Waals surface area contributed by atoms with Crippen LogP contribution in [0.1, 0.15) is 20.9 Å². The van der Waals surface area contributed by atoms with E-state index in [2.05, 4.69) is 4.98 Å². The summed E-state index contributed by atoms with van der Waals surface area (Å²) in [6, 6.07) is 8.06. The molecule has 3 rings (SSSR count). The Hall–Kier alpha value is -1.94. The van der Waals surface area contributed by atoms with E-state index in [0.29, 0.717) is 15.8 Å². The number of rotatable bonds is 2. The van der Waals surface area contributed by atoms with E-state index in [1.54, 1.807) is 12.1 Å². The molecule has 0 spiro atoms. The third kappa shape index (κ3) is 1.66. The molecule has 0 fully saturated rings. The number of thiophene rings is 1. The van der Waals surface area contributed by atoms with Gasteiger partial charge in [0.05, 0.1) is 10.4 Å². The van der Waals surface area contributed by atoms with Crippen molar-refractivity contribution in [3.05, 3.63) is 57.7 Å². The first kappa shape index (κ1) is 11.2. The van der Waals surface area contributed by atoms with Crippen LogP contribution in [-0.4, -0.2) is 10.8 Å². The van der Waals surface area contributed by atoms with Crippen LogP contribution in [0.5, 0.6) is 0 Å². The number of aromatic amines is 1. The maximum atomic E-state index is 13.3. The van der Waals surface area contributed by atoms with E-state index in [-0.39, 0.29) is 11.6 Å². The van der Waals surface area contributed by atoms with E-state index >= 15 is 0 Å². The first-order valence-corrected chi connectivity index (χ1v) is 6.41. The molecule has 1 N–H and O–H groups in total. The summed E-state index contributed by atoms with van der Waals surface area (Å²) in [7, 11) is 0. The van der Waals surface area contributed by atoms with Crippen LogP contribution in [0.25, 0.3) is 10.9 Å². The number of H-pyrrole nitrogens is 1. The van der Waals surface area contributed by atoms with Crippen molar-refractivity contribution in [3.8, 4) is 0 Å². The number of benzene rings is 1. The molecule has 0 atom stereocenters. The van der Waals surface area contributed by atoms with E-state index in [9.17, 15) is 9.18 Å². The van der Waals surface area contributed by atoms with Crippen LogP contribution in [0.2, 0.25) is 0 Å².